The van der Waals surface area contributed by atoms with Crippen LogP contribution in [0.4, 0.5) is 0 Å². The normalized spacial score (nSPS) is 17.3. The number of rotatable bonds is 18. The quantitative estimate of drug-likeness (QED) is 0.140. The molecule has 252 valence electrons. The average Bonchev–Trinajstić information content (AvgIpc) is 3.73. The Morgan fingerprint density at radius 1 is 1.07 bits per heavy atom. The molecule has 0 aliphatic carbocycles. The number of hydrogen-bond acceptors (Lipinski definition) is 8. The molecule has 1 saturated heterocycles. The van der Waals surface area contributed by atoms with Gasteiger partial charge in [-0.1, -0.05) is 54.9 Å². The Kier molecular flexibility index (Phi) is 15.0. The van der Waals surface area contributed by atoms with E-state index in [2.05, 4.69) is 56.7 Å². The monoisotopic (exact) mass is 652 g/mol. The third-order valence-electron chi connectivity index (χ3n) is 9.90. The lowest BCUT2D eigenvalue weighted by molar-refractivity contribution is -0.142. The van der Waals surface area contributed by atoms with E-state index in [4.69, 9.17) is 9.16 Å². The van der Waals surface area contributed by atoms with Crippen molar-refractivity contribution in [3.8, 4) is 0 Å². The van der Waals surface area contributed by atoms with Gasteiger partial charge in [0.2, 0.25) is 11.8 Å². The molecule has 1 aliphatic rings. The molecule has 1 N–H and O–H groups in total. The van der Waals surface area contributed by atoms with E-state index in [-0.39, 0.29) is 42.4 Å². The Hall–Kier alpha value is -1.82. The fourth-order valence-corrected chi connectivity index (χ4v) is 9.86. The first-order chi connectivity index (χ1) is 20.7. The van der Waals surface area contributed by atoms with Gasteiger partial charge >= 0.3 is 5.97 Å². The topological polar surface area (TPSA) is 101 Å². The highest BCUT2D eigenvalue weighted by Gasteiger charge is 2.41. The zero-order chi connectivity index (χ0) is 33.2. The molecule has 9 nitrogen and oxygen atoms in total. The van der Waals surface area contributed by atoms with Crippen molar-refractivity contribution in [2.24, 2.45) is 11.8 Å². The van der Waals surface area contributed by atoms with E-state index in [1.54, 1.807) is 12.3 Å². The molecule has 1 aromatic heterocycles. The van der Waals surface area contributed by atoms with E-state index < -0.39 is 25.9 Å². The summed E-state index contributed by atoms with van der Waals surface area (Å²) in [4.78, 5) is 49.2. The van der Waals surface area contributed by atoms with Crippen LogP contribution >= 0.6 is 11.3 Å². The zero-order valence-corrected chi connectivity index (χ0v) is 31.1. The minimum Gasteiger partial charge on any atom is -0.461 e. The highest BCUT2D eigenvalue weighted by Crippen LogP contribution is 2.36. The minimum absolute atomic E-state index is 0.0328. The van der Waals surface area contributed by atoms with Crippen LogP contribution in [0, 0.1) is 11.8 Å². The van der Waals surface area contributed by atoms with Gasteiger partial charge in [-0.05, 0) is 83.1 Å². The van der Waals surface area contributed by atoms with Crippen molar-refractivity contribution in [3.63, 3.8) is 0 Å². The van der Waals surface area contributed by atoms with Gasteiger partial charge in [-0.2, -0.15) is 0 Å². The molecule has 2 amide bonds. The van der Waals surface area contributed by atoms with Gasteiger partial charge in [0.25, 0.3) is 0 Å². The lowest BCUT2D eigenvalue weighted by atomic mass is 9.92. The van der Waals surface area contributed by atoms with Crippen LogP contribution in [-0.4, -0.2) is 85.3 Å². The van der Waals surface area contributed by atoms with E-state index in [0.29, 0.717) is 12.1 Å². The predicted octanol–water partition coefficient (Wildman–Crippen LogP) is 6.66. The second-order valence-corrected chi connectivity index (χ2v) is 18.8. The molecule has 4 atom stereocenters. The summed E-state index contributed by atoms with van der Waals surface area (Å²) in [6.45, 7) is 22.7. The third-order valence-corrected chi connectivity index (χ3v) is 15.5. The molecule has 1 fully saturated rings. The van der Waals surface area contributed by atoms with E-state index in [1.165, 1.54) is 11.3 Å². The minimum atomic E-state index is -2.08. The van der Waals surface area contributed by atoms with Gasteiger partial charge in [0, 0.05) is 18.5 Å². The summed E-state index contributed by atoms with van der Waals surface area (Å²) in [5.74, 6) is -0.536. The van der Waals surface area contributed by atoms with Gasteiger partial charge in [-0.3, -0.25) is 14.5 Å². The molecule has 1 aromatic rings. The van der Waals surface area contributed by atoms with Crippen molar-refractivity contribution >= 4 is 37.4 Å². The summed E-state index contributed by atoms with van der Waals surface area (Å²) in [7, 11) is -0.222. The van der Waals surface area contributed by atoms with Crippen molar-refractivity contribution in [1.29, 1.82) is 0 Å². The Morgan fingerprint density at radius 3 is 2.16 bits per heavy atom. The van der Waals surface area contributed by atoms with Gasteiger partial charge in [0.05, 0.1) is 18.2 Å². The SMILES string of the molecule is CCOC(=O)c1csc(C(CC(C(C)C)N(C)C(=O)C(NC(=O)C(C)(C)N2CCCC2)C(C)CC)O[Si](CC)(CC)CC)n1. The Morgan fingerprint density at radius 2 is 1.66 bits per heavy atom. The van der Waals surface area contributed by atoms with Crippen molar-refractivity contribution in [1.82, 2.24) is 20.1 Å². The maximum Gasteiger partial charge on any atom is 0.357 e. The maximum absolute atomic E-state index is 14.3. The number of likely N-dealkylation sites (N-methyl/N-ethyl adjacent to an activating group) is 1. The highest BCUT2D eigenvalue weighted by atomic mass is 32.1. The lowest BCUT2D eigenvalue weighted by Crippen LogP contribution is -2.60. The first-order valence-electron chi connectivity index (χ1n) is 16.8. The first-order valence-corrected chi connectivity index (χ1v) is 20.3. The third kappa shape index (κ3) is 9.36. The fourth-order valence-electron chi connectivity index (χ4n) is 6.14. The lowest BCUT2D eigenvalue weighted by Gasteiger charge is -2.40. The molecule has 0 bridgehead atoms. The van der Waals surface area contributed by atoms with Gasteiger partial charge in [0.1, 0.15) is 11.0 Å². The Balaban J connectivity index is 2.41. The molecule has 44 heavy (non-hydrogen) atoms. The summed E-state index contributed by atoms with van der Waals surface area (Å²) < 4.78 is 12.3. The highest BCUT2D eigenvalue weighted by molar-refractivity contribution is 7.09. The van der Waals surface area contributed by atoms with Gasteiger partial charge < -0.3 is 19.4 Å². The Labute approximate surface area is 272 Å². The van der Waals surface area contributed by atoms with Crippen LogP contribution in [0.25, 0.3) is 0 Å². The molecule has 0 radical (unpaired) electrons. The van der Waals surface area contributed by atoms with Gasteiger partial charge in [0.15, 0.2) is 14.0 Å². The molecule has 0 saturated carbocycles. The molecule has 0 spiro atoms. The number of hydrogen-bond donors (Lipinski definition) is 1. The van der Waals surface area contributed by atoms with Crippen molar-refractivity contribution < 1.29 is 23.5 Å². The summed E-state index contributed by atoms with van der Waals surface area (Å²) in [6, 6.07) is 2.12. The molecule has 2 rings (SSSR count). The predicted molar refractivity (Wildman–Crippen MR) is 181 cm³/mol. The summed E-state index contributed by atoms with van der Waals surface area (Å²) in [6.07, 6.45) is 3.13. The van der Waals surface area contributed by atoms with E-state index in [0.717, 1.165) is 55.5 Å². The van der Waals surface area contributed by atoms with Gasteiger partial charge in [-0.15, -0.1) is 11.3 Å². The van der Waals surface area contributed by atoms with Crippen LogP contribution in [0.5, 0.6) is 0 Å². The second kappa shape index (κ2) is 17.2. The smallest absolute Gasteiger partial charge is 0.357 e. The van der Waals surface area contributed by atoms with E-state index >= 15 is 0 Å². The Bertz CT molecular complexity index is 1060. The number of nitrogens with one attached hydrogen (secondary N) is 1. The number of nitrogens with zero attached hydrogens (tertiary/aromatic N) is 3. The number of carbonyl (C=O) groups is 3. The molecule has 4 unspecified atom stereocenters. The maximum atomic E-state index is 14.3. The molecular weight excluding hydrogens is 593 g/mol. The largest absolute Gasteiger partial charge is 0.461 e. The van der Waals surface area contributed by atoms with E-state index in [1.807, 2.05) is 32.7 Å². The van der Waals surface area contributed by atoms with Crippen LogP contribution < -0.4 is 5.32 Å². The van der Waals surface area contributed by atoms with Crippen LogP contribution in [0.15, 0.2) is 5.38 Å². The number of esters is 1. The van der Waals surface area contributed by atoms with Crippen LogP contribution in [0.2, 0.25) is 18.1 Å². The molecular formula is C33H60N4O5SSi. The van der Waals surface area contributed by atoms with Crippen molar-refractivity contribution in [3.05, 3.63) is 16.1 Å². The molecule has 11 heteroatoms. The second-order valence-electron chi connectivity index (χ2n) is 13.2. The number of thiazole rings is 1. The standard InChI is InChI=1S/C33H60N4O5SSi/c1-12-24(8)28(35-32(40)33(9,10)37-19-17-18-20-37)30(38)36(11)26(23(6)7)21-27(42-44(14-3,15-4)16-5)29-34-25(22-43-29)31(39)41-13-2/h22-24,26-28H,12-21H2,1-11H3,(H,35,40). The van der Waals surface area contributed by atoms with E-state index in [9.17, 15) is 14.4 Å². The van der Waals surface area contributed by atoms with Crippen molar-refractivity contribution in [2.75, 3.05) is 26.7 Å². The summed E-state index contributed by atoms with van der Waals surface area (Å²) in [5, 5.41) is 5.66. The number of amides is 2. The first kappa shape index (κ1) is 38.4. The number of ether oxygens (including phenoxy) is 1. The zero-order valence-electron chi connectivity index (χ0n) is 29.3. The van der Waals surface area contributed by atoms with Crippen LogP contribution in [-0.2, 0) is 18.8 Å². The fraction of sp³-hybridized carbons (Fsp3) is 0.818. The molecule has 1 aliphatic heterocycles. The number of likely N-dealkylation sites (tertiary alicyclic amines) is 1. The average molecular weight is 653 g/mol. The number of aromatic nitrogens is 1. The van der Waals surface area contributed by atoms with Crippen LogP contribution in [0.1, 0.15) is 117 Å². The number of carbonyl (C=O) groups excluding carboxylic acids is 3. The van der Waals surface area contributed by atoms with Gasteiger partial charge in [-0.25, -0.2) is 9.78 Å². The van der Waals surface area contributed by atoms with Crippen LogP contribution in [0.3, 0.4) is 0 Å². The summed E-state index contributed by atoms with van der Waals surface area (Å²) >= 11 is 1.42. The molecule has 2 heterocycles. The summed E-state index contributed by atoms with van der Waals surface area (Å²) in [5.41, 5.74) is -0.393. The molecule has 0 aromatic carbocycles. The van der Waals surface area contributed by atoms with Crippen molar-refractivity contribution in [2.45, 2.75) is 137 Å².